The number of hydrogen-bond acceptors (Lipinski definition) is 4. The minimum Gasteiger partial charge on any atom is -0.549 e. The summed E-state index contributed by atoms with van der Waals surface area (Å²) in [5, 5.41) is 23.5. The zero-order valence-electron chi connectivity index (χ0n) is 12.6. The summed E-state index contributed by atoms with van der Waals surface area (Å²) in [5.74, 6) is -3.01. The molecule has 119 valence electrons. The van der Waals surface area contributed by atoms with E-state index in [0.29, 0.717) is 0 Å². The van der Waals surface area contributed by atoms with Crippen LogP contribution in [0.25, 0.3) is 0 Å². The molecule has 0 aromatic rings. The molecule has 0 saturated heterocycles. The average molecular weight is 340 g/mol. The topological polar surface area (TPSA) is 80.3 Å². The molecule has 0 aliphatic carbocycles. The Morgan fingerprint density at radius 2 is 0.857 bits per heavy atom. The largest absolute Gasteiger partial charge is 2.00 e. The number of carbonyl (C=O) groups is 2. The molecular weight excluding hydrogens is 320 g/mol. The van der Waals surface area contributed by atoms with Gasteiger partial charge in [-0.2, -0.15) is 0 Å². The second kappa shape index (κ2) is 9.37. The molecule has 1 atom stereocenters. The molecule has 1 unspecified atom stereocenters. The minimum absolute atomic E-state index is 0. The Labute approximate surface area is 136 Å². The first kappa shape index (κ1) is 21.7. The Morgan fingerprint density at radius 3 is 0.952 bits per heavy atom. The molecule has 1 radical (unpaired) electrons. The molecule has 0 aromatic heterocycles. The molecule has 0 aliphatic heterocycles. The van der Waals surface area contributed by atoms with Gasteiger partial charge in [0.2, 0.25) is 0 Å². The zero-order valence-corrected chi connectivity index (χ0v) is 13.5. The van der Waals surface area contributed by atoms with E-state index in [-0.39, 0.29) is 17.1 Å². The Kier molecular flexibility index (Phi) is 9.69. The van der Waals surface area contributed by atoms with Gasteiger partial charge >= 0.3 is 17.1 Å². The van der Waals surface area contributed by atoms with Gasteiger partial charge in [0.05, 0.1) is 22.8 Å². The second-order valence-corrected chi connectivity index (χ2v) is 4.31. The van der Waals surface area contributed by atoms with Crippen molar-refractivity contribution in [2.24, 2.45) is 10.8 Å². The zero-order chi connectivity index (χ0) is 15.8. The van der Waals surface area contributed by atoms with Crippen LogP contribution in [0.15, 0.2) is 48.6 Å². The van der Waals surface area contributed by atoms with Gasteiger partial charge in [-0.3, -0.25) is 0 Å². The first-order chi connectivity index (χ1) is 9.38. The van der Waals surface area contributed by atoms with Crippen molar-refractivity contribution >= 4 is 11.9 Å². The number of aliphatic carboxylic acids is 2. The van der Waals surface area contributed by atoms with Crippen LogP contribution in [0, 0.1) is 10.8 Å². The van der Waals surface area contributed by atoms with Crippen molar-refractivity contribution in [2.45, 2.75) is 27.7 Å². The van der Waals surface area contributed by atoms with E-state index in [2.05, 4.69) is 0 Å². The van der Waals surface area contributed by atoms with E-state index in [9.17, 15) is 19.8 Å². The fourth-order valence-corrected chi connectivity index (χ4v) is 2.32. The maximum atomic E-state index is 11.7. The maximum absolute atomic E-state index is 11.7. The van der Waals surface area contributed by atoms with Crippen molar-refractivity contribution in [3.05, 3.63) is 48.6 Å². The van der Waals surface area contributed by atoms with Crippen LogP contribution < -0.4 is 10.2 Å². The summed E-state index contributed by atoms with van der Waals surface area (Å²) in [5.41, 5.74) is -3.71. The van der Waals surface area contributed by atoms with E-state index in [0.717, 1.165) is 0 Å². The molecule has 5 heteroatoms. The van der Waals surface area contributed by atoms with E-state index in [4.69, 9.17) is 0 Å². The normalized spacial score (nSPS) is 15.6. The predicted molar refractivity (Wildman–Crippen MR) is 74.1 cm³/mol. The van der Waals surface area contributed by atoms with Crippen LogP contribution in [0.5, 0.6) is 0 Å². The Morgan fingerprint density at radius 1 is 0.667 bits per heavy atom. The number of carbonyl (C=O) groups excluding carboxylic acids is 2. The van der Waals surface area contributed by atoms with Crippen molar-refractivity contribution in [3.8, 4) is 0 Å². The van der Waals surface area contributed by atoms with Gasteiger partial charge in [0.1, 0.15) is 0 Å². The first-order valence-electron chi connectivity index (χ1n) is 6.36. The molecule has 0 amide bonds. The third kappa shape index (κ3) is 3.96. The predicted octanol–water partition coefficient (Wildman–Crippen LogP) is 0.761. The van der Waals surface area contributed by atoms with Crippen LogP contribution in [0.3, 0.4) is 0 Å². The van der Waals surface area contributed by atoms with Gasteiger partial charge in [-0.1, -0.05) is 48.6 Å². The Bertz CT molecular complexity index is 405. The summed E-state index contributed by atoms with van der Waals surface area (Å²) in [6.07, 6.45) is 11.2. The summed E-state index contributed by atoms with van der Waals surface area (Å²) < 4.78 is 0. The van der Waals surface area contributed by atoms with Gasteiger partial charge in [0.25, 0.3) is 0 Å². The molecule has 0 bridgehead atoms. The van der Waals surface area contributed by atoms with E-state index in [1.54, 1.807) is 27.7 Å². The minimum atomic E-state index is -1.85. The average Bonchev–Trinajstić information content (AvgIpc) is 2.37. The first-order valence-corrected chi connectivity index (χ1v) is 6.36. The van der Waals surface area contributed by atoms with E-state index in [1.807, 2.05) is 0 Å². The van der Waals surface area contributed by atoms with E-state index < -0.39 is 22.8 Å². The summed E-state index contributed by atoms with van der Waals surface area (Å²) >= 11 is 0. The van der Waals surface area contributed by atoms with Gasteiger partial charge in [0, 0.05) is 0 Å². The van der Waals surface area contributed by atoms with Gasteiger partial charge < -0.3 is 19.8 Å². The van der Waals surface area contributed by atoms with Gasteiger partial charge in [-0.25, -0.2) is 0 Å². The molecule has 0 aliphatic rings. The van der Waals surface area contributed by atoms with Crippen LogP contribution in [-0.2, 0) is 26.7 Å². The third-order valence-corrected chi connectivity index (χ3v) is 3.08. The molecular formula is C16H20CuO4. The number of carboxylic acid groups (broad SMARTS) is 2. The number of hydrogen-bond donors (Lipinski definition) is 0. The summed E-state index contributed by atoms with van der Waals surface area (Å²) in [6, 6.07) is 0. The molecule has 0 saturated carbocycles. The van der Waals surface area contributed by atoms with Crippen LogP contribution in [0.4, 0.5) is 0 Å². The third-order valence-electron chi connectivity index (χ3n) is 3.08. The fourth-order valence-electron chi connectivity index (χ4n) is 2.32. The Hall–Kier alpha value is -1.58. The standard InChI is InChI=1S/C16H22O4.Cu/c1-5-9-15(10-6-2,13(17)18)16(11-7-3,12-8-4)14(19)20;/h5-12H,1-4H3,(H,17,18)(H,19,20);/q;+2/p-2/b9-5-,10-6+,11-7+,12-8+;. The van der Waals surface area contributed by atoms with Crippen molar-refractivity contribution in [1.82, 2.24) is 0 Å². The molecule has 0 N–H and O–H groups in total. The van der Waals surface area contributed by atoms with Gasteiger partial charge in [-0.15, -0.1) is 0 Å². The molecule has 4 nitrogen and oxygen atoms in total. The van der Waals surface area contributed by atoms with Crippen molar-refractivity contribution in [1.29, 1.82) is 0 Å². The summed E-state index contributed by atoms with van der Waals surface area (Å²) in [6.45, 7) is 6.47. The summed E-state index contributed by atoms with van der Waals surface area (Å²) in [4.78, 5) is 23.5. The number of rotatable bonds is 7. The van der Waals surface area contributed by atoms with Gasteiger partial charge in [-0.05, 0) is 27.7 Å². The van der Waals surface area contributed by atoms with Crippen molar-refractivity contribution in [2.75, 3.05) is 0 Å². The molecule has 0 aromatic carbocycles. The smallest absolute Gasteiger partial charge is 0.549 e. The SMILES string of the molecule is C/C=C\C(/C=C/C)(C(=O)[O-])C(/C=C/C)(/C=C/C)C(=O)[O-].[Cu+2]. The molecule has 0 fully saturated rings. The Balaban J connectivity index is 0. The summed E-state index contributed by atoms with van der Waals surface area (Å²) in [7, 11) is 0. The van der Waals surface area contributed by atoms with Crippen molar-refractivity contribution < 1.29 is 36.9 Å². The van der Waals surface area contributed by atoms with E-state index in [1.165, 1.54) is 48.6 Å². The molecule has 0 heterocycles. The van der Waals surface area contributed by atoms with E-state index >= 15 is 0 Å². The van der Waals surface area contributed by atoms with Crippen LogP contribution >= 0.6 is 0 Å². The van der Waals surface area contributed by atoms with Crippen LogP contribution in [-0.4, -0.2) is 11.9 Å². The molecule has 21 heavy (non-hydrogen) atoms. The maximum Gasteiger partial charge on any atom is 2.00 e. The second-order valence-electron chi connectivity index (χ2n) is 4.31. The molecule has 0 rings (SSSR count). The fraction of sp³-hybridized carbons (Fsp3) is 0.375. The van der Waals surface area contributed by atoms with Crippen LogP contribution in [0.1, 0.15) is 27.7 Å². The van der Waals surface area contributed by atoms with Gasteiger partial charge in [0.15, 0.2) is 0 Å². The van der Waals surface area contributed by atoms with Crippen LogP contribution in [0.2, 0.25) is 0 Å². The number of allylic oxidation sites excluding steroid dienone is 4. The quantitative estimate of drug-likeness (QED) is 0.506. The number of carboxylic acids is 2. The van der Waals surface area contributed by atoms with Crippen molar-refractivity contribution in [3.63, 3.8) is 0 Å². The monoisotopic (exact) mass is 339 g/mol. The molecule has 0 spiro atoms.